The van der Waals surface area contributed by atoms with E-state index in [0.717, 1.165) is 13.2 Å². The van der Waals surface area contributed by atoms with Crippen molar-refractivity contribution in [3.05, 3.63) is 0 Å². The summed E-state index contributed by atoms with van der Waals surface area (Å²) in [6.45, 7) is 6.54. The van der Waals surface area contributed by atoms with Crippen LogP contribution < -0.4 is 0 Å². The summed E-state index contributed by atoms with van der Waals surface area (Å²) in [6.07, 6.45) is 22.2. The minimum absolute atomic E-state index is 0.990. The molecule has 0 aliphatic carbocycles. The van der Waals surface area contributed by atoms with Gasteiger partial charge in [-0.05, 0) is 12.8 Å². The van der Waals surface area contributed by atoms with Crippen LogP contribution in [0, 0.1) is 0 Å². The molecule has 1 nitrogen and oxygen atoms in total. The van der Waals surface area contributed by atoms with Gasteiger partial charge in [0, 0.05) is 13.2 Å². The van der Waals surface area contributed by atoms with Crippen molar-refractivity contribution in [2.75, 3.05) is 13.2 Å². The summed E-state index contributed by atoms with van der Waals surface area (Å²) in [5.41, 5.74) is 0. The third-order valence-corrected chi connectivity index (χ3v) is 4.28. The molecule has 0 aromatic rings. The summed E-state index contributed by atoms with van der Waals surface area (Å²) in [7, 11) is 0. The summed E-state index contributed by atoms with van der Waals surface area (Å²) in [5, 5.41) is 0. The van der Waals surface area contributed by atoms with Gasteiger partial charge in [-0.15, -0.1) is 0 Å². The minimum Gasteiger partial charge on any atom is -0.381 e. The van der Waals surface area contributed by atoms with Gasteiger partial charge in [-0.1, -0.05) is 104 Å². The quantitative estimate of drug-likeness (QED) is 0.241. The molecule has 128 valence electrons. The van der Waals surface area contributed by atoms with Gasteiger partial charge in [0.25, 0.3) is 0 Å². The van der Waals surface area contributed by atoms with E-state index in [0.29, 0.717) is 0 Å². The average molecular weight is 299 g/mol. The molecule has 0 rings (SSSR count). The molecule has 0 heterocycles. The molecule has 0 aliphatic heterocycles. The monoisotopic (exact) mass is 298 g/mol. The highest BCUT2D eigenvalue weighted by Gasteiger charge is 1.94. The molecule has 0 aliphatic rings. The van der Waals surface area contributed by atoms with Crippen LogP contribution in [-0.4, -0.2) is 13.2 Å². The first-order chi connectivity index (χ1) is 10.4. The Morgan fingerprint density at radius 3 is 1.00 bits per heavy atom. The van der Waals surface area contributed by atoms with E-state index >= 15 is 0 Å². The van der Waals surface area contributed by atoms with E-state index in [2.05, 4.69) is 13.8 Å². The summed E-state index contributed by atoms with van der Waals surface area (Å²) >= 11 is 0. The van der Waals surface area contributed by atoms with Gasteiger partial charge in [-0.25, -0.2) is 0 Å². The Bertz CT molecular complexity index is 149. The highest BCUT2D eigenvalue weighted by atomic mass is 16.5. The number of rotatable bonds is 18. The lowest BCUT2D eigenvalue weighted by Crippen LogP contribution is -1.97. The Hall–Kier alpha value is -0.0400. The maximum Gasteiger partial charge on any atom is 0.0466 e. The Kier molecular flexibility index (Phi) is 19.9. The van der Waals surface area contributed by atoms with Crippen molar-refractivity contribution >= 4 is 0 Å². The second-order valence-electron chi connectivity index (χ2n) is 6.56. The topological polar surface area (TPSA) is 9.23 Å². The normalized spacial score (nSPS) is 11.1. The van der Waals surface area contributed by atoms with E-state index in [1.165, 1.54) is 103 Å². The molecular formula is C20H42O. The van der Waals surface area contributed by atoms with Gasteiger partial charge in [0.2, 0.25) is 0 Å². The van der Waals surface area contributed by atoms with E-state index in [1.807, 2.05) is 0 Å². The number of ether oxygens (including phenoxy) is 1. The number of hydrogen-bond acceptors (Lipinski definition) is 1. The first-order valence-corrected chi connectivity index (χ1v) is 9.99. The first-order valence-electron chi connectivity index (χ1n) is 9.99. The van der Waals surface area contributed by atoms with E-state index in [-0.39, 0.29) is 0 Å². The van der Waals surface area contributed by atoms with Crippen molar-refractivity contribution in [1.82, 2.24) is 0 Å². The van der Waals surface area contributed by atoms with E-state index in [1.54, 1.807) is 0 Å². The lowest BCUT2D eigenvalue weighted by Gasteiger charge is -2.05. The number of hydrogen-bond donors (Lipinski definition) is 0. The summed E-state index contributed by atoms with van der Waals surface area (Å²) in [5.74, 6) is 0. The van der Waals surface area contributed by atoms with Gasteiger partial charge < -0.3 is 4.74 Å². The summed E-state index contributed by atoms with van der Waals surface area (Å²) in [4.78, 5) is 0. The van der Waals surface area contributed by atoms with Crippen molar-refractivity contribution < 1.29 is 4.74 Å². The predicted octanol–water partition coefficient (Wildman–Crippen LogP) is 7.28. The van der Waals surface area contributed by atoms with E-state index < -0.39 is 0 Å². The van der Waals surface area contributed by atoms with Crippen molar-refractivity contribution in [2.24, 2.45) is 0 Å². The van der Waals surface area contributed by atoms with Crippen LogP contribution in [0.2, 0.25) is 0 Å². The van der Waals surface area contributed by atoms with Gasteiger partial charge in [-0.2, -0.15) is 0 Å². The molecule has 0 atom stereocenters. The fourth-order valence-electron chi connectivity index (χ4n) is 2.78. The maximum atomic E-state index is 5.71. The highest BCUT2D eigenvalue weighted by Crippen LogP contribution is 2.10. The van der Waals surface area contributed by atoms with Crippen molar-refractivity contribution in [2.45, 2.75) is 117 Å². The summed E-state index contributed by atoms with van der Waals surface area (Å²) in [6, 6.07) is 0. The SMILES string of the molecule is CCCCCCCCCCCCOCCCCCCCC. The van der Waals surface area contributed by atoms with Gasteiger partial charge in [0.05, 0.1) is 0 Å². The van der Waals surface area contributed by atoms with Crippen molar-refractivity contribution in [3.8, 4) is 0 Å². The van der Waals surface area contributed by atoms with Crippen LogP contribution in [0.1, 0.15) is 117 Å². The van der Waals surface area contributed by atoms with Gasteiger partial charge in [-0.3, -0.25) is 0 Å². The van der Waals surface area contributed by atoms with Crippen LogP contribution in [0.15, 0.2) is 0 Å². The molecule has 0 bridgehead atoms. The molecular weight excluding hydrogens is 256 g/mol. The first kappa shape index (κ1) is 21.0. The molecule has 0 aromatic carbocycles. The van der Waals surface area contributed by atoms with Gasteiger partial charge >= 0.3 is 0 Å². The molecule has 0 spiro atoms. The molecule has 0 saturated heterocycles. The average Bonchev–Trinajstić information content (AvgIpc) is 2.50. The Balaban J connectivity index is 2.90. The zero-order valence-electron chi connectivity index (χ0n) is 15.1. The molecule has 0 saturated carbocycles. The molecule has 1 heteroatoms. The Morgan fingerprint density at radius 1 is 0.381 bits per heavy atom. The molecule has 0 amide bonds. The zero-order chi connectivity index (χ0) is 15.4. The third kappa shape index (κ3) is 20.0. The lowest BCUT2D eigenvalue weighted by atomic mass is 10.1. The minimum atomic E-state index is 0.990. The van der Waals surface area contributed by atoms with Crippen molar-refractivity contribution in [3.63, 3.8) is 0 Å². The molecule has 0 unspecified atom stereocenters. The smallest absolute Gasteiger partial charge is 0.0466 e. The van der Waals surface area contributed by atoms with Crippen LogP contribution in [0.3, 0.4) is 0 Å². The second-order valence-corrected chi connectivity index (χ2v) is 6.56. The van der Waals surface area contributed by atoms with Gasteiger partial charge in [0.1, 0.15) is 0 Å². The zero-order valence-corrected chi connectivity index (χ0v) is 15.1. The number of unbranched alkanes of at least 4 members (excludes halogenated alkanes) is 14. The predicted molar refractivity (Wildman–Crippen MR) is 96.0 cm³/mol. The highest BCUT2D eigenvalue weighted by molar-refractivity contribution is 4.48. The van der Waals surface area contributed by atoms with Crippen molar-refractivity contribution in [1.29, 1.82) is 0 Å². The van der Waals surface area contributed by atoms with Gasteiger partial charge in [0.15, 0.2) is 0 Å². The van der Waals surface area contributed by atoms with Crippen LogP contribution >= 0.6 is 0 Å². The third-order valence-electron chi connectivity index (χ3n) is 4.28. The van der Waals surface area contributed by atoms with Crippen LogP contribution in [0.4, 0.5) is 0 Å². The Labute approximate surface area is 135 Å². The Morgan fingerprint density at radius 2 is 0.667 bits per heavy atom. The molecule has 0 fully saturated rings. The molecule has 0 radical (unpaired) electrons. The molecule has 21 heavy (non-hydrogen) atoms. The van der Waals surface area contributed by atoms with Crippen LogP contribution in [0.5, 0.6) is 0 Å². The standard InChI is InChI=1S/C20H42O/c1-3-5-7-9-11-12-13-14-16-18-20-21-19-17-15-10-8-6-4-2/h3-20H2,1-2H3. The van der Waals surface area contributed by atoms with Crippen LogP contribution in [-0.2, 0) is 4.74 Å². The largest absolute Gasteiger partial charge is 0.381 e. The second kappa shape index (κ2) is 20.0. The van der Waals surface area contributed by atoms with Crippen LogP contribution in [0.25, 0.3) is 0 Å². The van der Waals surface area contributed by atoms with E-state index in [4.69, 9.17) is 4.74 Å². The maximum absolute atomic E-state index is 5.71. The molecule has 0 N–H and O–H groups in total. The lowest BCUT2D eigenvalue weighted by molar-refractivity contribution is 0.125. The van der Waals surface area contributed by atoms with E-state index in [9.17, 15) is 0 Å². The fourth-order valence-corrected chi connectivity index (χ4v) is 2.78. The fraction of sp³-hybridized carbons (Fsp3) is 1.00. The molecule has 0 aromatic heterocycles. The summed E-state index contributed by atoms with van der Waals surface area (Å²) < 4.78 is 5.71.